The Morgan fingerprint density at radius 3 is 2.50 bits per heavy atom. The predicted molar refractivity (Wildman–Crippen MR) is 81.1 cm³/mol. The smallest absolute Gasteiger partial charge is 0.244 e. The molecule has 7 heteroatoms. The Hall–Kier alpha value is -1.44. The van der Waals surface area contributed by atoms with Gasteiger partial charge in [-0.25, -0.2) is 13.4 Å². The van der Waals surface area contributed by atoms with Crippen molar-refractivity contribution in [1.82, 2.24) is 9.29 Å². The van der Waals surface area contributed by atoms with Gasteiger partial charge in [-0.1, -0.05) is 0 Å². The van der Waals surface area contributed by atoms with Crippen molar-refractivity contribution >= 4 is 27.2 Å². The van der Waals surface area contributed by atoms with Gasteiger partial charge in [0.2, 0.25) is 10.0 Å². The first-order valence-corrected chi connectivity index (χ1v) is 8.34. The standard InChI is InChI=1S/C13H17N3O2S2/c1-9-4-6-12(19-9)10(2)16(3)20(17,18)11-5-7-13(14)15-8-11/h4-8,10H,1-3H3,(H2,14,15). The summed E-state index contributed by atoms with van der Waals surface area (Å²) in [6.45, 7) is 3.87. The number of pyridine rings is 1. The van der Waals surface area contributed by atoms with Gasteiger partial charge in [-0.3, -0.25) is 0 Å². The third-order valence-electron chi connectivity index (χ3n) is 3.15. The van der Waals surface area contributed by atoms with E-state index < -0.39 is 10.0 Å². The average molecular weight is 311 g/mol. The fourth-order valence-corrected chi connectivity index (χ4v) is 4.10. The van der Waals surface area contributed by atoms with Crippen LogP contribution in [0.15, 0.2) is 35.4 Å². The first kappa shape index (κ1) is 15.0. The van der Waals surface area contributed by atoms with Gasteiger partial charge >= 0.3 is 0 Å². The van der Waals surface area contributed by atoms with E-state index in [0.29, 0.717) is 5.82 Å². The van der Waals surface area contributed by atoms with Gasteiger partial charge in [0.25, 0.3) is 0 Å². The molecule has 1 atom stereocenters. The van der Waals surface area contributed by atoms with E-state index in [2.05, 4.69) is 4.98 Å². The van der Waals surface area contributed by atoms with Crippen LogP contribution in [-0.4, -0.2) is 24.8 Å². The summed E-state index contributed by atoms with van der Waals surface area (Å²) in [6.07, 6.45) is 1.29. The van der Waals surface area contributed by atoms with E-state index in [4.69, 9.17) is 5.73 Å². The molecule has 0 aliphatic rings. The molecule has 2 heterocycles. The van der Waals surface area contributed by atoms with Crippen molar-refractivity contribution in [2.24, 2.45) is 0 Å². The normalized spacial score (nSPS) is 13.6. The fraction of sp³-hybridized carbons (Fsp3) is 0.308. The molecule has 0 aromatic carbocycles. The Morgan fingerprint density at radius 1 is 1.30 bits per heavy atom. The number of hydrogen-bond donors (Lipinski definition) is 1. The van der Waals surface area contributed by atoms with Crippen LogP contribution in [0.3, 0.4) is 0 Å². The quantitative estimate of drug-likeness (QED) is 0.940. The fourth-order valence-electron chi connectivity index (χ4n) is 1.78. The van der Waals surface area contributed by atoms with Crippen molar-refractivity contribution in [3.63, 3.8) is 0 Å². The third-order valence-corrected chi connectivity index (χ3v) is 6.24. The molecular formula is C13H17N3O2S2. The summed E-state index contributed by atoms with van der Waals surface area (Å²) in [6, 6.07) is 6.68. The Bertz CT molecular complexity index is 693. The number of hydrogen-bond acceptors (Lipinski definition) is 5. The SMILES string of the molecule is Cc1ccc(C(C)N(C)S(=O)(=O)c2ccc(N)nc2)s1. The van der Waals surface area contributed by atoms with Gasteiger partial charge in [0, 0.05) is 23.0 Å². The van der Waals surface area contributed by atoms with Crippen molar-refractivity contribution < 1.29 is 8.42 Å². The second kappa shape index (κ2) is 5.51. The van der Waals surface area contributed by atoms with Crippen molar-refractivity contribution in [2.75, 3.05) is 12.8 Å². The van der Waals surface area contributed by atoms with E-state index in [9.17, 15) is 8.42 Å². The summed E-state index contributed by atoms with van der Waals surface area (Å²) >= 11 is 1.60. The lowest BCUT2D eigenvalue weighted by molar-refractivity contribution is 0.402. The van der Waals surface area contributed by atoms with Gasteiger partial charge in [0.05, 0.1) is 6.04 Å². The molecule has 0 amide bonds. The zero-order chi connectivity index (χ0) is 14.9. The van der Waals surface area contributed by atoms with Crippen LogP contribution in [0.25, 0.3) is 0 Å². The van der Waals surface area contributed by atoms with Gasteiger partial charge in [-0.05, 0) is 38.1 Å². The topological polar surface area (TPSA) is 76.3 Å². The van der Waals surface area contributed by atoms with Crippen LogP contribution >= 0.6 is 11.3 Å². The van der Waals surface area contributed by atoms with Gasteiger partial charge in [-0.2, -0.15) is 4.31 Å². The molecule has 0 aliphatic heterocycles. The largest absolute Gasteiger partial charge is 0.384 e. The van der Waals surface area contributed by atoms with Gasteiger partial charge in [-0.15, -0.1) is 11.3 Å². The highest BCUT2D eigenvalue weighted by Crippen LogP contribution is 2.30. The molecule has 0 bridgehead atoms. The minimum Gasteiger partial charge on any atom is -0.384 e. The summed E-state index contributed by atoms with van der Waals surface area (Å²) in [4.78, 5) is 6.16. The van der Waals surface area contributed by atoms with Crippen LogP contribution in [0.5, 0.6) is 0 Å². The molecular weight excluding hydrogens is 294 g/mol. The van der Waals surface area contributed by atoms with Crippen molar-refractivity contribution in [3.8, 4) is 0 Å². The van der Waals surface area contributed by atoms with Crippen LogP contribution in [0, 0.1) is 6.92 Å². The maximum Gasteiger partial charge on any atom is 0.244 e. The minimum absolute atomic E-state index is 0.148. The number of aryl methyl sites for hydroxylation is 1. The molecule has 0 aliphatic carbocycles. The number of nitrogens with two attached hydrogens (primary N) is 1. The molecule has 0 spiro atoms. The third kappa shape index (κ3) is 2.84. The first-order chi connectivity index (χ1) is 9.32. The molecule has 0 radical (unpaired) electrons. The number of rotatable bonds is 4. The Kier molecular flexibility index (Phi) is 4.12. The maximum absolute atomic E-state index is 12.5. The molecule has 108 valence electrons. The first-order valence-electron chi connectivity index (χ1n) is 6.08. The van der Waals surface area contributed by atoms with E-state index in [-0.39, 0.29) is 10.9 Å². The highest BCUT2D eigenvalue weighted by atomic mass is 32.2. The second-order valence-corrected chi connectivity index (χ2v) is 7.88. The highest BCUT2D eigenvalue weighted by Gasteiger charge is 2.27. The summed E-state index contributed by atoms with van der Waals surface area (Å²) in [7, 11) is -2.00. The van der Waals surface area contributed by atoms with E-state index in [1.165, 1.54) is 22.6 Å². The molecule has 5 nitrogen and oxygen atoms in total. The van der Waals surface area contributed by atoms with Crippen molar-refractivity contribution in [1.29, 1.82) is 0 Å². The van der Waals surface area contributed by atoms with Gasteiger partial charge in [0.15, 0.2) is 0 Å². The summed E-state index contributed by atoms with van der Waals surface area (Å²) in [5.74, 6) is 0.300. The van der Waals surface area contributed by atoms with Gasteiger partial charge in [0.1, 0.15) is 10.7 Å². The Labute approximate surface area is 123 Å². The number of nitrogens with zero attached hydrogens (tertiary/aromatic N) is 2. The Morgan fingerprint density at radius 2 is 2.00 bits per heavy atom. The molecule has 0 saturated carbocycles. The molecule has 1 unspecified atom stereocenters. The monoisotopic (exact) mass is 311 g/mol. The van der Waals surface area contributed by atoms with Crippen LogP contribution in [0.2, 0.25) is 0 Å². The zero-order valence-corrected chi connectivity index (χ0v) is 13.2. The lowest BCUT2D eigenvalue weighted by atomic mass is 10.3. The van der Waals surface area contributed by atoms with Crippen molar-refractivity contribution in [2.45, 2.75) is 24.8 Å². The summed E-state index contributed by atoms with van der Waals surface area (Å²) in [5.41, 5.74) is 5.48. The van der Waals surface area contributed by atoms with E-state index >= 15 is 0 Å². The van der Waals surface area contributed by atoms with E-state index in [1.807, 2.05) is 26.0 Å². The molecule has 0 fully saturated rings. The summed E-state index contributed by atoms with van der Waals surface area (Å²) < 4.78 is 26.4. The Balaban J connectivity index is 2.31. The number of anilines is 1. The lowest BCUT2D eigenvalue weighted by Gasteiger charge is -2.23. The van der Waals surface area contributed by atoms with E-state index in [1.54, 1.807) is 18.4 Å². The maximum atomic E-state index is 12.5. The molecule has 2 N–H and O–H groups in total. The molecule has 20 heavy (non-hydrogen) atoms. The van der Waals surface area contributed by atoms with Crippen LogP contribution in [0.1, 0.15) is 22.7 Å². The van der Waals surface area contributed by atoms with Crippen molar-refractivity contribution in [3.05, 3.63) is 40.2 Å². The van der Waals surface area contributed by atoms with Gasteiger partial charge < -0.3 is 5.73 Å². The minimum atomic E-state index is -3.57. The number of thiophene rings is 1. The number of sulfonamides is 1. The molecule has 0 saturated heterocycles. The molecule has 2 aromatic rings. The van der Waals surface area contributed by atoms with Crippen LogP contribution in [-0.2, 0) is 10.0 Å². The van der Waals surface area contributed by atoms with E-state index in [0.717, 1.165) is 9.75 Å². The van der Waals surface area contributed by atoms with Crippen LogP contribution < -0.4 is 5.73 Å². The predicted octanol–water partition coefficient (Wildman–Crippen LogP) is 2.42. The molecule has 2 rings (SSSR count). The number of aromatic nitrogens is 1. The highest BCUT2D eigenvalue weighted by molar-refractivity contribution is 7.89. The average Bonchev–Trinajstić information content (AvgIpc) is 2.84. The molecule has 2 aromatic heterocycles. The summed E-state index contributed by atoms with van der Waals surface area (Å²) in [5, 5.41) is 0. The second-order valence-electron chi connectivity index (χ2n) is 4.56. The lowest BCUT2D eigenvalue weighted by Crippen LogP contribution is -2.29. The van der Waals surface area contributed by atoms with Crippen LogP contribution in [0.4, 0.5) is 5.82 Å². The zero-order valence-electron chi connectivity index (χ0n) is 11.6. The number of nitrogen functional groups attached to an aromatic ring is 1.